The van der Waals surface area contributed by atoms with E-state index >= 15 is 0 Å². The number of carbonyl (C=O) groups is 1. The van der Waals surface area contributed by atoms with Crippen LogP contribution in [-0.4, -0.2) is 41.9 Å². The van der Waals surface area contributed by atoms with Crippen LogP contribution in [0.2, 0.25) is 0 Å². The first-order chi connectivity index (χ1) is 9.49. The molecule has 1 fully saturated rings. The van der Waals surface area contributed by atoms with E-state index in [-0.39, 0.29) is 17.5 Å². The number of nitrogens with zero attached hydrogens (tertiary/aromatic N) is 2. The molecule has 0 radical (unpaired) electrons. The summed E-state index contributed by atoms with van der Waals surface area (Å²) in [7, 11) is 1.65. The molecule has 1 saturated heterocycles. The molecule has 2 rings (SSSR count). The summed E-state index contributed by atoms with van der Waals surface area (Å²) >= 11 is 0. The maximum Gasteiger partial charge on any atom is 0.273 e. The SMILES string of the molecule is CN(C(=O)c1cc(F)cc([N+](=O)[O-])c1)C1CCNCC1. The standard InChI is InChI=1S/C13H16FN3O3/c1-16(11-2-4-15-5-3-11)13(18)9-6-10(14)8-12(7-9)17(19)20/h6-8,11,15H,2-5H2,1H3. The number of halogens is 1. The minimum atomic E-state index is -0.777. The monoisotopic (exact) mass is 281 g/mol. The number of hydrogen-bond donors (Lipinski definition) is 1. The Hall–Kier alpha value is -2.02. The zero-order valence-electron chi connectivity index (χ0n) is 11.1. The lowest BCUT2D eigenvalue weighted by atomic mass is 10.0. The van der Waals surface area contributed by atoms with Gasteiger partial charge >= 0.3 is 0 Å². The molecule has 20 heavy (non-hydrogen) atoms. The molecule has 0 saturated carbocycles. The van der Waals surface area contributed by atoms with E-state index in [1.807, 2.05) is 0 Å². The quantitative estimate of drug-likeness (QED) is 0.674. The van der Waals surface area contributed by atoms with E-state index < -0.39 is 16.4 Å². The van der Waals surface area contributed by atoms with Gasteiger partial charge in [-0.2, -0.15) is 0 Å². The Morgan fingerprint density at radius 1 is 1.40 bits per heavy atom. The molecule has 6 nitrogen and oxygen atoms in total. The highest BCUT2D eigenvalue weighted by Gasteiger charge is 2.24. The molecular weight excluding hydrogens is 265 g/mol. The fraction of sp³-hybridized carbons (Fsp3) is 0.462. The largest absolute Gasteiger partial charge is 0.339 e. The van der Waals surface area contributed by atoms with E-state index in [0.29, 0.717) is 0 Å². The van der Waals surface area contributed by atoms with Gasteiger partial charge in [-0.05, 0) is 32.0 Å². The van der Waals surface area contributed by atoms with Gasteiger partial charge in [0.15, 0.2) is 0 Å². The summed E-state index contributed by atoms with van der Waals surface area (Å²) in [5.74, 6) is -1.17. The highest BCUT2D eigenvalue weighted by atomic mass is 19.1. The molecule has 0 spiro atoms. The molecule has 1 aliphatic heterocycles. The zero-order chi connectivity index (χ0) is 14.7. The van der Waals surface area contributed by atoms with E-state index in [0.717, 1.165) is 44.1 Å². The van der Waals surface area contributed by atoms with Crippen LogP contribution in [0, 0.1) is 15.9 Å². The molecule has 7 heteroatoms. The van der Waals surface area contributed by atoms with Gasteiger partial charge < -0.3 is 10.2 Å². The molecule has 0 aromatic heterocycles. The van der Waals surface area contributed by atoms with Crippen molar-refractivity contribution in [2.45, 2.75) is 18.9 Å². The van der Waals surface area contributed by atoms with Crippen LogP contribution in [0.25, 0.3) is 0 Å². The first-order valence-corrected chi connectivity index (χ1v) is 6.42. The van der Waals surface area contributed by atoms with E-state index in [9.17, 15) is 19.3 Å². The highest BCUT2D eigenvalue weighted by Crippen LogP contribution is 2.19. The Kier molecular flexibility index (Phi) is 4.29. The van der Waals surface area contributed by atoms with Gasteiger partial charge in [0, 0.05) is 24.7 Å². The first kappa shape index (κ1) is 14.4. The van der Waals surface area contributed by atoms with Crippen LogP contribution in [0.15, 0.2) is 18.2 Å². The van der Waals surface area contributed by atoms with Crippen molar-refractivity contribution in [1.82, 2.24) is 10.2 Å². The van der Waals surface area contributed by atoms with Crippen LogP contribution in [0.1, 0.15) is 23.2 Å². The minimum Gasteiger partial charge on any atom is -0.339 e. The minimum absolute atomic E-state index is 0.0118. The average Bonchev–Trinajstić information content (AvgIpc) is 2.46. The van der Waals surface area contributed by atoms with Crippen LogP contribution < -0.4 is 5.32 Å². The van der Waals surface area contributed by atoms with Crippen molar-refractivity contribution >= 4 is 11.6 Å². The number of nitro benzene ring substituents is 1. The molecular formula is C13H16FN3O3. The number of piperidine rings is 1. The summed E-state index contributed by atoms with van der Waals surface area (Å²) in [5.41, 5.74) is -0.398. The van der Waals surface area contributed by atoms with Gasteiger partial charge in [-0.25, -0.2) is 4.39 Å². The molecule has 1 N–H and O–H groups in total. The van der Waals surface area contributed by atoms with Crippen molar-refractivity contribution in [1.29, 1.82) is 0 Å². The van der Waals surface area contributed by atoms with Gasteiger partial charge in [-0.1, -0.05) is 0 Å². The number of nitro groups is 1. The molecule has 0 atom stereocenters. The topological polar surface area (TPSA) is 75.5 Å². The summed E-state index contributed by atoms with van der Waals surface area (Å²) in [4.78, 5) is 23.8. The third-order valence-corrected chi connectivity index (χ3v) is 3.52. The van der Waals surface area contributed by atoms with E-state index in [2.05, 4.69) is 5.32 Å². The van der Waals surface area contributed by atoms with Gasteiger partial charge in [-0.3, -0.25) is 14.9 Å². The smallest absolute Gasteiger partial charge is 0.273 e. The number of nitrogens with one attached hydrogen (secondary N) is 1. The van der Waals surface area contributed by atoms with Crippen LogP contribution in [0.4, 0.5) is 10.1 Å². The predicted molar refractivity (Wildman–Crippen MR) is 71.0 cm³/mol. The number of hydrogen-bond acceptors (Lipinski definition) is 4. The average molecular weight is 281 g/mol. The van der Waals surface area contributed by atoms with Gasteiger partial charge in [-0.15, -0.1) is 0 Å². The maximum atomic E-state index is 13.4. The van der Waals surface area contributed by atoms with Crippen molar-refractivity contribution in [3.8, 4) is 0 Å². The number of rotatable bonds is 3. The van der Waals surface area contributed by atoms with Gasteiger partial charge in [0.25, 0.3) is 11.6 Å². The van der Waals surface area contributed by atoms with Crippen LogP contribution >= 0.6 is 0 Å². The highest BCUT2D eigenvalue weighted by molar-refractivity contribution is 5.94. The van der Waals surface area contributed by atoms with E-state index in [1.165, 1.54) is 0 Å². The lowest BCUT2D eigenvalue weighted by Gasteiger charge is -2.31. The van der Waals surface area contributed by atoms with Crippen molar-refractivity contribution in [3.05, 3.63) is 39.7 Å². The summed E-state index contributed by atoms with van der Waals surface area (Å²) in [6.45, 7) is 1.65. The molecule has 1 aliphatic rings. The Bertz CT molecular complexity index is 530. The Balaban J connectivity index is 2.21. The summed E-state index contributed by atoms with van der Waals surface area (Å²) < 4.78 is 13.4. The van der Waals surface area contributed by atoms with Crippen LogP contribution in [0.5, 0.6) is 0 Å². The molecule has 0 aliphatic carbocycles. The summed E-state index contributed by atoms with van der Waals surface area (Å²) in [5, 5.41) is 13.9. The number of amides is 1. The Morgan fingerprint density at radius 2 is 2.05 bits per heavy atom. The molecule has 1 aromatic carbocycles. The van der Waals surface area contributed by atoms with Crippen molar-refractivity contribution in [2.75, 3.05) is 20.1 Å². The van der Waals surface area contributed by atoms with Gasteiger partial charge in [0.1, 0.15) is 5.82 Å². The van der Waals surface area contributed by atoms with Crippen molar-refractivity contribution in [3.63, 3.8) is 0 Å². The maximum absolute atomic E-state index is 13.4. The lowest BCUT2D eigenvalue weighted by Crippen LogP contribution is -2.44. The van der Waals surface area contributed by atoms with Gasteiger partial charge in [0.05, 0.1) is 11.0 Å². The molecule has 0 unspecified atom stereocenters. The molecule has 1 amide bonds. The number of benzene rings is 1. The van der Waals surface area contributed by atoms with Gasteiger partial charge in [0.2, 0.25) is 0 Å². The third-order valence-electron chi connectivity index (χ3n) is 3.52. The van der Waals surface area contributed by atoms with Crippen molar-refractivity contribution < 1.29 is 14.1 Å². The second kappa shape index (κ2) is 5.96. The molecule has 1 heterocycles. The molecule has 1 aromatic rings. The molecule has 0 bridgehead atoms. The second-order valence-corrected chi connectivity index (χ2v) is 4.85. The van der Waals surface area contributed by atoms with Crippen LogP contribution in [-0.2, 0) is 0 Å². The normalized spacial score (nSPS) is 15.9. The van der Waals surface area contributed by atoms with E-state index in [4.69, 9.17) is 0 Å². The van der Waals surface area contributed by atoms with Crippen LogP contribution in [0.3, 0.4) is 0 Å². The molecule has 108 valence electrons. The fourth-order valence-corrected chi connectivity index (χ4v) is 2.37. The Labute approximate surface area is 115 Å². The summed E-state index contributed by atoms with van der Waals surface area (Å²) in [6, 6.07) is 3.03. The third kappa shape index (κ3) is 3.11. The second-order valence-electron chi connectivity index (χ2n) is 4.85. The zero-order valence-corrected chi connectivity index (χ0v) is 11.1. The van der Waals surface area contributed by atoms with E-state index in [1.54, 1.807) is 11.9 Å². The number of carbonyl (C=O) groups excluding carboxylic acids is 1. The summed E-state index contributed by atoms with van der Waals surface area (Å²) in [6.07, 6.45) is 1.64. The van der Waals surface area contributed by atoms with Crippen molar-refractivity contribution in [2.24, 2.45) is 0 Å². The first-order valence-electron chi connectivity index (χ1n) is 6.42. The number of non-ortho nitro benzene ring substituents is 1. The predicted octanol–water partition coefficient (Wildman–Crippen LogP) is 1.56. The Morgan fingerprint density at radius 3 is 2.65 bits per heavy atom. The fourth-order valence-electron chi connectivity index (χ4n) is 2.37. The lowest BCUT2D eigenvalue weighted by molar-refractivity contribution is -0.385.